The maximum atomic E-state index is 13.2. The van der Waals surface area contributed by atoms with Gasteiger partial charge < -0.3 is 64.4 Å². The van der Waals surface area contributed by atoms with E-state index in [1.54, 1.807) is 13.8 Å². The Morgan fingerprint density at radius 3 is 1.17 bits per heavy atom. The average Bonchev–Trinajstić information content (AvgIpc) is 3.15. The Morgan fingerprint density at radius 1 is 0.483 bits per heavy atom. The molecule has 14 N–H and O–H groups in total. The summed E-state index contributed by atoms with van der Waals surface area (Å²) < 4.78 is 0. The van der Waals surface area contributed by atoms with Crippen molar-refractivity contribution < 1.29 is 48.3 Å². The van der Waals surface area contributed by atoms with Crippen LogP contribution in [0, 0.1) is 24.7 Å². The Balaban J connectivity index is 5.51. The fourth-order valence-corrected chi connectivity index (χ4v) is 4.73. The Morgan fingerprint density at radius 2 is 0.810 bits per heavy atom. The normalized spacial score (nSPS) is 15.3. The van der Waals surface area contributed by atoms with E-state index in [-0.39, 0.29) is 25.3 Å². The van der Waals surface area contributed by atoms with Gasteiger partial charge in [-0.15, -0.1) is 24.7 Å². The molecule has 9 atom stereocenters. The van der Waals surface area contributed by atoms with Crippen LogP contribution in [0.2, 0.25) is 0 Å². The fourth-order valence-electron chi connectivity index (χ4n) is 4.73. The highest BCUT2D eigenvalue weighted by Gasteiger charge is 2.31. The van der Waals surface area contributed by atoms with E-state index in [9.17, 15) is 48.3 Å². The molecule has 0 radical (unpaired) electrons. The fraction of sp³-hybridized carbons (Fsp3) is 0.649. The van der Waals surface area contributed by atoms with Gasteiger partial charge in [-0.25, -0.2) is 0 Å². The van der Waals surface area contributed by atoms with Crippen LogP contribution in [-0.4, -0.2) is 132 Å². The molecule has 0 saturated heterocycles. The van der Waals surface area contributed by atoms with Crippen LogP contribution in [0.5, 0.6) is 0 Å². The second-order valence-corrected chi connectivity index (χ2v) is 13.9. The van der Waals surface area contributed by atoms with Gasteiger partial charge in [-0.05, 0) is 74.3 Å². The van der Waals surface area contributed by atoms with Crippen LogP contribution < -0.4 is 59.3 Å². The number of amides is 9. The Bertz CT molecular complexity index is 1540. The molecule has 0 unspecified atom stereocenters. The van der Waals surface area contributed by atoms with Crippen LogP contribution in [0.4, 0.5) is 0 Å². The van der Waals surface area contributed by atoms with Crippen LogP contribution in [0.25, 0.3) is 0 Å². The summed E-state index contributed by atoms with van der Waals surface area (Å²) in [4.78, 5) is 115. The minimum atomic E-state index is -1.37. The number of hydrogen-bond donors (Lipinski definition) is 12. The average molecular weight is 820 g/mol. The first-order chi connectivity index (χ1) is 27.1. The van der Waals surface area contributed by atoms with E-state index in [0.29, 0.717) is 19.4 Å². The number of nitrogens with one attached hydrogen (secondary N) is 9. The van der Waals surface area contributed by atoms with E-state index >= 15 is 0 Å². The van der Waals surface area contributed by atoms with Crippen LogP contribution in [0.1, 0.15) is 80.6 Å². The number of terminal acetylenes is 2. The van der Waals surface area contributed by atoms with E-state index in [0.717, 1.165) is 0 Å². The van der Waals surface area contributed by atoms with Gasteiger partial charge in [0.05, 0.1) is 12.6 Å². The Labute approximate surface area is 339 Å². The molecule has 21 heteroatoms. The summed E-state index contributed by atoms with van der Waals surface area (Å²) in [5.74, 6) is -2.36. The lowest BCUT2D eigenvalue weighted by molar-refractivity contribution is -0.135. The molecule has 0 aromatic rings. The minimum Gasteiger partial charge on any atom is -0.394 e. The van der Waals surface area contributed by atoms with Crippen molar-refractivity contribution in [1.29, 1.82) is 0 Å². The van der Waals surface area contributed by atoms with Crippen molar-refractivity contribution in [3.8, 4) is 24.7 Å². The summed E-state index contributed by atoms with van der Waals surface area (Å²) in [6.45, 7) is 9.74. The van der Waals surface area contributed by atoms with Gasteiger partial charge in [0.15, 0.2) is 0 Å². The largest absolute Gasteiger partial charge is 0.394 e. The molecule has 21 nitrogen and oxygen atoms in total. The van der Waals surface area contributed by atoms with E-state index in [1.807, 2.05) is 0 Å². The lowest BCUT2D eigenvalue weighted by atomic mass is 10.1. The first kappa shape index (κ1) is 52.2. The number of rotatable bonds is 25. The predicted molar refractivity (Wildman–Crippen MR) is 212 cm³/mol. The molecule has 0 fully saturated rings. The van der Waals surface area contributed by atoms with Gasteiger partial charge in [0, 0.05) is 18.9 Å². The molecular formula is C37H61N11O10. The molecule has 0 heterocycles. The topological polar surface area (TPSA) is 334 Å². The molecule has 0 aliphatic heterocycles. The highest BCUT2D eigenvalue weighted by atomic mass is 16.3. The van der Waals surface area contributed by atoms with Gasteiger partial charge in [-0.1, -0.05) is 0 Å². The van der Waals surface area contributed by atoms with Crippen molar-refractivity contribution in [2.75, 3.05) is 13.2 Å². The summed E-state index contributed by atoms with van der Waals surface area (Å²) in [6.07, 6.45) is 11.3. The molecule has 9 amide bonds. The monoisotopic (exact) mass is 819 g/mol. The van der Waals surface area contributed by atoms with Crippen LogP contribution in [-0.2, 0) is 43.2 Å². The zero-order valence-corrected chi connectivity index (χ0v) is 34.2. The molecule has 0 aromatic carbocycles. The van der Waals surface area contributed by atoms with E-state index in [1.165, 1.54) is 34.6 Å². The Kier molecular flexibility index (Phi) is 24.3. The van der Waals surface area contributed by atoms with E-state index in [4.69, 9.17) is 24.3 Å². The standard InChI is InChI=1S/C37H61N11O10/c1-10-14-25(45-31(52)22(7)41-29(50)20(5)39)34(55)43-21(6)30(51)42-23(8)32(53)46-26(15-11-2)35(56)44-24(9)33(54)47-27(16-12-13-17-38)36(57)48-28(18-49)37(58)40-19(3)4/h1-2,19-28,49H,12-18,38-39H2,3-9H3,(H,40,58)(H,41,50)(H,42,51)(H,43,55)(H,44,56)(H,45,52)(H,46,53)(H,47,54)(H,48,57)/t20-,21-,22-,23-,24-,25-,26-,27-,28-/m0/s1. The van der Waals surface area contributed by atoms with Crippen molar-refractivity contribution in [1.82, 2.24) is 47.9 Å². The summed E-state index contributed by atoms with van der Waals surface area (Å²) >= 11 is 0. The van der Waals surface area contributed by atoms with Gasteiger partial charge in [-0.2, -0.15) is 0 Å². The van der Waals surface area contributed by atoms with Crippen molar-refractivity contribution >= 4 is 53.2 Å². The molecule has 0 aliphatic rings. The molecule has 58 heavy (non-hydrogen) atoms. The van der Waals surface area contributed by atoms with Crippen molar-refractivity contribution in [3.63, 3.8) is 0 Å². The Hall–Kier alpha value is -5.77. The number of carbonyl (C=O) groups is 9. The second-order valence-electron chi connectivity index (χ2n) is 13.9. The molecule has 0 aromatic heterocycles. The summed E-state index contributed by atoms with van der Waals surface area (Å²) in [5, 5.41) is 31.6. The van der Waals surface area contributed by atoms with Gasteiger partial charge in [0.1, 0.15) is 48.3 Å². The first-order valence-corrected chi connectivity index (χ1v) is 18.8. The lowest BCUT2D eigenvalue weighted by Gasteiger charge is -2.25. The third-order valence-electron chi connectivity index (χ3n) is 8.16. The third kappa shape index (κ3) is 19.4. The number of unbranched alkanes of at least 4 members (excludes halogenated alkanes) is 1. The van der Waals surface area contributed by atoms with E-state index < -0.39 is 114 Å². The lowest BCUT2D eigenvalue weighted by Crippen LogP contribution is -2.59. The molecule has 0 bridgehead atoms. The number of aliphatic hydroxyl groups excluding tert-OH is 1. The van der Waals surface area contributed by atoms with Crippen molar-refractivity contribution in [2.45, 2.75) is 141 Å². The first-order valence-electron chi connectivity index (χ1n) is 18.8. The number of aliphatic hydroxyl groups is 1. The van der Waals surface area contributed by atoms with E-state index in [2.05, 4.69) is 59.7 Å². The second kappa shape index (κ2) is 27.0. The molecule has 0 rings (SSSR count). The highest BCUT2D eigenvalue weighted by Crippen LogP contribution is 2.04. The van der Waals surface area contributed by atoms with Crippen LogP contribution in [0.15, 0.2) is 0 Å². The van der Waals surface area contributed by atoms with Gasteiger partial charge in [-0.3, -0.25) is 43.2 Å². The molecule has 324 valence electrons. The maximum absolute atomic E-state index is 13.2. The predicted octanol–water partition coefficient (Wildman–Crippen LogP) is -5.02. The zero-order valence-electron chi connectivity index (χ0n) is 34.2. The number of hydrogen-bond acceptors (Lipinski definition) is 12. The van der Waals surface area contributed by atoms with Gasteiger partial charge >= 0.3 is 0 Å². The van der Waals surface area contributed by atoms with Crippen LogP contribution >= 0.6 is 0 Å². The summed E-state index contributed by atoms with van der Waals surface area (Å²) in [6, 6.07) is -11.1. The summed E-state index contributed by atoms with van der Waals surface area (Å²) in [7, 11) is 0. The third-order valence-corrected chi connectivity index (χ3v) is 8.16. The molecule has 0 saturated carbocycles. The maximum Gasteiger partial charge on any atom is 0.245 e. The molecular weight excluding hydrogens is 758 g/mol. The molecule has 0 aliphatic carbocycles. The van der Waals surface area contributed by atoms with Crippen molar-refractivity contribution in [3.05, 3.63) is 0 Å². The number of nitrogens with two attached hydrogens (primary N) is 2. The smallest absolute Gasteiger partial charge is 0.245 e. The highest BCUT2D eigenvalue weighted by molar-refractivity contribution is 5.98. The minimum absolute atomic E-state index is 0.123. The zero-order chi connectivity index (χ0) is 44.7. The number of carbonyl (C=O) groups excluding carboxylic acids is 9. The quantitative estimate of drug-likeness (QED) is 0.0304. The SMILES string of the molecule is C#CC[C@H](NC(=O)[C@H](C)NC(=O)[C@H](C)N)C(=O)N[C@@H](C)C(=O)N[C@@H](C)C(=O)N[C@@H](CC#C)C(=O)N[C@@H](C)C(=O)N[C@@H](CCCCN)C(=O)N[C@@H](CO)C(=O)NC(C)C. The van der Waals surface area contributed by atoms with Gasteiger partial charge in [0.25, 0.3) is 0 Å². The van der Waals surface area contributed by atoms with Gasteiger partial charge in [0.2, 0.25) is 53.2 Å². The molecule has 0 spiro atoms. The van der Waals surface area contributed by atoms with Crippen molar-refractivity contribution in [2.24, 2.45) is 11.5 Å². The van der Waals surface area contributed by atoms with Crippen LogP contribution in [0.3, 0.4) is 0 Å². The summed E-state index contributed by atoms with van der Waals surface area (Å²) in [5.41, 5.74) is 11.1.